The molecule has 0 unspecified atom stereocenters. The Hall–Kier alpha value is -2.15. The zero-order valence-corrected chi connectivity index (χ0v) is 10.4. The minimum absolute atomic E-state index is 0.0111. The number of carbonyl (C=O) groups excluding carboxylic acids is 1. The summed E-state index contributed by atoms with van der Waals surface area (Å²) >= 11 is 5.97. The summed E-state index contributed by atoms with van der Waals surface area (Å²) in [6.07, 6.45) is 1.39. The molecule has 2 aromatic rings. The Morgan fingerprint density at radius 2 is 2.17 bits per heavy atom. The molecule has 7 nitrogen and oxygen atoms in total. The first-order chi connectivity index (χ1) is 8.54. The lowest BCUT2D eigenvalue weighted by atomic mass is 10.4. The van der Waals surface area contributed by atoms with Crippen LogP contribution in [0.3, 0.4) is 0 Å². The third kappa shape index (κ3) is 2.00. The molecule has 0 spiro atoms. The topological polar surface area (TPSA) is 79.0 Å². The standard InChI is InChI=1S/C10H9ClN4O3/c1-14-9(11)7(5-12-14)15-8(16)4-3-6(13-15)10(17)18-2/h3-5H,1-2H3. The summed E-state index contributed by atoms with van der Waals surface area (Å²) in [4.78, 5) is 23.0. The summed E-state index contributed by atoms with van der Waals surface area (Å²) in [5.41, 5.74) is -0.107. The van der Waals surface area contributed by atoms with Crippen molar-refractivity contribution in [3.05, 3.63) is 39.5 Å². The quantitative estimate of drug-likeness (QED) is 0.737. The van der Waals surface area contributed by atoms with Gasteiger partial charge in [0.05, 0.1) is 13.3 Å². The molecule has 0 fully saturated rings. The molecule has 8 heteroatoms. The summed E-state index contributed by atoms with van der Waals surface area (Å²) in [6, 6.07) is 2.50. The second kappa shape index (κ2) is 4.61. The van der Waals surface area contributed by atoms with Crippen molar-refractivity contribution >= 4 is 17.6 Å². The highest BCUT2D eigenvalue weighted by Gasteiger charge is 2.14. The number of aryl methyl sites for hydroxylation is 1. The number of ether oxygens (including phenoxy) is 1. The average Bonchev–Trinajstić information content (AvgIpc) is 2.70. The van der Waals surface area contributed by atoms with E-state index in [4.69, 9.17) is 11.6 Å². The minimum atomic E-state index is -0.635. The molecule has 0 radical (unpaired) electrons. The number of aromatic nitrogens is 4. The van der Waals surface area contributed by atoms with Gasteiger partial charge in [0.25, 0.3) is 5.56 Å². The minimum Gasteiger partial charge on any atom is -0.464 e. The van der Waals surface area contributed by atoms with Crippen LogP contribution >= 0.6 is 11.6 Å². The van der Waals surface area contributed by atoms with Crippen LogP contribution in [-0.2, 0) is 11.8 Å². The molecule has 0 saturated heterocycles. The maximum Gasteiger partial charge on any atom is 0.358 e. The third-order valence-corrected chi connectivity index (χ3v) is 2.71. The van der Waals surface area contributed by atoms with Crippen molar-refractivity contribution in [2.75, 3.05) is 7.11 Å². The lowest BCUT2D eigenvalue weighted by Gasteiger charge is -2.04. The van der Waals surface area contributed by atoms with Crippen LogP contribution in [0.2, 0.25) is 5.15 Å². The molecule has 94 valence electrons. The lowest BCUT2D eigenvalue weighted by Crippen LogP contribution is -2.23. The van der Waals surface area contributed by atoms with Gasteiger partial charge in [0.2, 0.25) is 0 Å². The van der Waals surface area contributed by atoms with Gasteiger partial charge in [-0.05, 0) is 6.07 Å². The highest BCUT2D eigenvalue weighted by molar-refractivity contribution is 6.31. The Morgan fingerprint density at radius 1 is 1.44 bits per heavy atom. The molecule has 0 aliphatic heterocycles. The largest absolute Gasteiger partial charge is 0.464 e. The molecule has 2 heterocycles. The van der Waals surface area contributed by atoms with E-state index in [0.29, 0.717) is 5.69 Å². The third-order valence-electron chi connectivity index (χ3n) is 2.27. The Morgan fingerprint density at radius 3 is 2.72 bits per heavy atom. The second-order valence-corrected chi connectivity index (χ2v) is 3.76. The predicted molar refractivity (Wildman–Crippen MR) is 62.9 cm³/mol. The average molecular weight is 269 g/mol. The molecule has 0 saturated carbocycles. The van der Waals surface area contributed by atoms with Crippen molar-refractivity contribution in [3.63, 3.8) is 0 Å². The van der Waals surface area contributed by atoms with Gasteiger partial charge in [-0.3, -0.25) is 9.48 Å². The Labute approximate surface area is 107 Å². The molecule has 0 aromatic carbocycles. The van der Waals surface area contributed by atoms with Crippen LogP contribution in [0.15, 0.2) is 23.1 Å². The molecule has 0 atom stereocenters. The molecule has 0 aliphatic carbocycles. The molecule has 2 aromatic heterocycles. The van der Waals surface area contributed by atoms with E-state index < -0.39 is 11.5 Å². The maximum absolute atomic E-state index is 11.7. The number of esters is 1. The highest BCUT2D eigenvalue weighted by Crippen LogP contribution is 2.16. The number of carbonyl (C=O) groups is 1. The van der Waals surface area contributed by atoms with E-state index in [0.717, 1.165) is 4.68 Å². The van der Waals surface area contributed by atoms with Crippen LogP contribution < -0.4 is 5.56 Å². The number of hydrogen-bond acceptors (Lipinski definition) is 5. The molecular weight excluding hydrogens is 260 g/mol. The Bertz CT molecular complexity index is 661. The Kier molecular flexibility index (Phi) is 3.15. The SMILES string of the molecule is COC(=O)c1ccc(=O)n(-c2cnn(C)c2Cl)n1. The molecule has 2 rings (SSSR count). The van der Waals surface area contributed by atoms with Crippen LogP contribution in [0.5, 0.6) is 0 Å². The first kappa shape index (κ1) is 12.3. The van der Waals surface area contributed by atoms with E-state index >= 15 is 0 Å². The number of methoxy groups -OCH3 is 1. The molecule has 0 bridgehead atoms. The molecule has 0 aliphatic rings. The first-order valence-electron chi connectivity index (χ1n) is 4.91. The molecule has 18 heavy (non-hydrogen) atoms. The van der Waals surface area contributed by atoms with Gasteiger partial charge in [-0.1, -0.05) is 11.6 Å². The number of rotatable bonds is 2. The number of halogens is 1. The summed E-state index contributed by atoms with van der Waals surface area (Å²) in [7, 11) is 2.86. The van der Waals surface area contributed by atoms with Crippen LogP contribution in [0.4, 0.5) is 0 Å². The van der Waals surface area contributed by atoms with Gasteiger partial charge in [0.1, 0.15) is 5.69 Å². The molecular formula is C10H9ClN4O3. The van der Waals surface area contributed by atoms with E-state index in [1.54, 1.807) is 7.05 Å². The fraction of sp³-hybridized carbons (Fsp3) is 0.200. The van der Waals surface area contributed by atoms with Crippen molar-refractivity contribution in [1.82, 2.24) is 19.6 Å². The fourth-order valence-electron chi connectivity index (χ4n) is 1.35. The normalized spacial score (nSPS) is 10.4. The van der Waals surface area contributed by atoms with Gasteiger partial charge >= 0.3 is 5.97 Å². The maximum atomic E-state index is 11.7. The molecule has 0 amide bonds. The van der Waals surface area contributed by atoms with Crippen LogP contribution in [0, 0.1) is 0 Å². The Balaban J connectivity index is 2.60. The summed E-state index contributed by atoms with van der Waals surface area (Å²) < 4.78 is 6.92. The van der Waals surface area contributed by atoms with Crippen molar-refractivity contribution < 1.29 is 9.53 Å². The van der Waals surface area contributed by atoms with Crippen LogP contribution in [0.25, 0.3) is 5.69 Å². The van der Waals surface area contributed by atoms with Gasteiger partial charge in [-0.2, -0.15) is 14.9 Å². The van der Waals surface area contributed by atoms with Crippen LogP contribution in [0.1, 0.15) is 10.5 Å². The summed E-state index contributed by atoms with van der Waals surface area (Å²) in [6.45, 7) is 0. The van der Waals surface area contributed by atoms with Gasteiger partial charge in [0.15, 0.2) is 10.8 Å². The summed E-state index contributed by atoms with van der Waals surface area (Å²) in [5.74, 6) is -0.635. The molecule has 0 N–H and O–H groups in total. The van der Waals surface area contributed by atoms with Gasteiger partial charge in [-0.25, -0.2) is 4.79 Å². The van der Waals surface area contributed by atoms with Crippen LogP contribution in [-0.4, -0.2) is 32.6 Å². The van der Waals surface area contributed by atoms with Crippen molar-refractivity contribution in [1.29, 1.82) is 0 Å². The lowest BCUT2D eigenvalue weighted by molar-refractivity contribution is 0.0591. The van der Waals surface area contributed by atoms with Gasteiger partial charge in [0, 0.05) is 13.1 Å². The van der Waals surface area contributed by atoms with Crippen molar-refractivity contribution in [2.24, 2.45) is 7.05 Å². The van der Waals surface area contributed by atoms with E-state index in [1.165, 1.54) is 30.1 Å². The van der Waals surface area contributed by atoms with Crippen molar-refractivity contribution in [3.8, 4) is 5.69 Å². The van der Waals surface area contributed by atoms with Gasteiger partial charge < -0.3 is 4.74 Å². The highest BCUT2D eigenvalue weighted by atomic mass is 35.5. The van der Waals surface area contributed by atoms with E-state index in [2.05, 4.69) is 14.9 Å². The number of nitrogens with zero attached hydrogens (tertiary/aromatic N) is 4. The predicted octanol–water partition coefficient (Wildman–Crippen LogP) is 0.406. The first-order valence-corrected chi connectivity index (χ1v) is 5.29. The smallest absolute Gasteiger partial charge is 0.358 e. The van der Waals surface area contributed by atoms with E-state index in [1.807, 2.05) is 0 Å². The van der Waals surface area contributed by atoms with E-state index in [-0.39, 0.29) is 10.8 Å². The fourth-order valence-corrected chi connectivity index (χ4v) is 1.52. The summed E-state index contributed by atoms with van der Waals surface area (Å²) in [5, 5.41) is 8.02. The van der Waals surface area contributed by atoms with E-state index in [9.17, 15) is 9.59 Å². The zero-order valence-electron chi connectivity index (χ0n) is 9.62. The zero-order chi connectivity index (χ0) is 13.3. The number of hydrogen-bond donors (Lipinski definition) is 0. The monoisotopic (exact) mass is 268 g/mol. The van der Waals surface area contributed by atoms with Gasteiger partial charge in [-0.15, -0.1) is 0 Å². The van der Waals surface area contributed by atoms with Crippen molar-refractivity contribution in [2.45, 2.75) is 0 Å². The second-order valence-electron chi connectivity index (χ2n) is 3.40.